The highest BCUT2D eigenvalue weighted by atomic mass is 16.7. The van der Waals surface area contributed by atoms with Crippen molar-refractivity contribution in [2.45, 2.75) is 13.0 Å². The van der Waals surface area contributed by atoms with Crippen LogP contribution in [0.2, 0.25) is 0 Å². The molecule has 1 unspecified atom stereocenters. The van der Waals surface area contributed by atoms with Crippen LogP contribution in [-0.2, 0) is 4.74 Å². The molecule has 0 aromatic heterocycles. The summed E-state index contributed by atoms with van der Waals surface area (Å²) in [6.07, 6.45) is -0.210. The van der Waals surface area contributed by atoms with Crippen molar-refractivity contribution in [3.05, 3.63) is 47.5 Å². The Morgan fingerprint density at radius 2 is 2.00 bits per heavy atom. The van der Waals surface area contributed by atoms with E-state index in [0.29, 0.717) is 54.9 Å². The second-order valence-electron chi connectivity index (χ2n) is 6.78. The molecule has 1 fully saturated rings. The molecule has 1 saturated heterocycles. The molecule has 28 heavy (non-hydrogen) atoms. The largest absolute Gasteiger partial charge is 0.493 e. The van der Waals surface area contributed by atoms with Crippen molar-refractivity contribution in [1.29, 1.82) is 0 Å². The summed E-state index contributed by atoms with van der Waals surface area (Å²) in [6.45, 7) is 3.99. The lowest BCUT2D eigenvalue weighted by Gasteiger charge is -2.33. The van der Waals surface area contributed by atoms with Gasteiger partial charge >= 0.3 is 0 Å². The van der Waals surface area contributed by atoms with E-state index in [4.69, 9.17) is 23.7 Å². The second kappa shape index (κ2) is 7.98. The normalized spacial score (nSPS) is 18.1. The van der Waals surface area contributed by atoms with Gasteiger partial charge in [0.25, 0.3) is 5.91 Å². The van der Waals surface area contributed by atoms with Crippen molar-refractivity contribution < 1.29 is 28.5 Å². The quantitative estimate of drug-likeness (QED) is 0.788. The number of morpholine rings is 1. The van der Waals surface area contributed by atoms with E-state index in [1.165, 1.54) is 0 Å². The van der Waals surface area contributed by atoms with Crippen LogP contribution in [0.25, 0.3) is 0 Å². The van der Waals surface area contributed by atoms with Crippen LogP contribution < -0.4 is 18.9 Å². The molecule has 1 amide bonds. The third kappa shape index (κ3) is 3.84. The minimum Gasteiger partial charge on any atom is -0.493 e. The zero-order chi connectivity index (χ0) is 19.5. The maximum absolute atomic E-state index is 12.9. The molecular weight excluding hydrogens is 362 g/mol. The van der Waals surface area contributed by atoms with E-state index in [1.807, 2.05) is 25.1 Å². The predicted molar refractivity (Wildman–Crippen MR) is 101 cm³/mol. The number of aryl methyl sites for hydroxylation is 1. The highest BCUT2D eigenvalue weighted by Crippen LogP contribution is 2.33. The van der Waals surface area contributed by atoms with Crippen molar-refractivity contribution in [3.8, 4) is 23.0 Å². The topological polar surface area (TPSA) is 66.5 Å². The average Bonchev–Trinajstić information content (AvgIpc) is 3.20. The molecule has 2 heterocycles. The van der Waals surface area contributed by atoms with Crippen LogP contribution in [0.4, 0.5) is 0 Å². The number of ether oxygens (including phenoxy) is 5. The van der Waals surface area contributed by atoms with E-state index >= 15 is 0 Å². The van der Waals surface area contributed by atoms with Gasteiger partial charge in [0.2, 0.25) is 6.79 Å². The Kier molecular flexibility index (Phi) is 5.25. The zero-order valence-corrected chi connectivity index (χ0v) is 16.0. The molecule has 4 rings (SSSR count). The lowest BCUT2D eigenvalue weighted by atomic mass is 10.1. The lowest BCUT2D eigenvalue weighted by Crippen LogP contribution is -2.47. The first kappa shape index (κ1) is 18.4. The van der Waals surface area contributed by atoms with Crippen molar-refractivity contribution in [1.82, 2.24) is 4.90 Å². The fourth-order valence-corrected chi connectivity index (χ4v) is 3.29. The van der Waals surface area contributed by atoms with Crippen LogP contribution in [0.5, 0.6) is 23.0 Å². The molecule has 1 atom stereocenters. The third-order valence-corrected chi connectivity index (χ3v) is 4.79. The van der Waals surface area contributed by atoms with E-state index in [1.54, 1.807) is 30.2 Å². The first-order chi connectivity index (χ1) is 13.6. The summed E-state index contributed by atoms with van der Waals surface area (Å²) < 4.78 is 27.7. The molecular formula is C21H23NO6. The molecule has 0 aliphatic carbocycles. The van der Waals surface area contributed by atoms with Gasteiger partial charge in [-0.25, -0.2) is 0 Å². The van der Waals surface area contributed by atoms with Crippen LogP contribution in [0.1, 0.15) is 15.9 Å². The summed E-state index contributed by atoms with van der Waals surface area (Å²) >= 11 is 0. The van der Waals surface area contributed by atoms with Crippen LogP contribution in [0.15, 0.2) is 36.4 Å². The Morgan fingerprint density at radius 1 is 1.14 bits per heavy atom. The maximum Gasteiger partial charge on any atom is 0.254 e. The highest BCUT2D eigenvalue weighted by Gasteiger charge is 2.27. The number of amides is 1. The van der Waals surface area contributed by atoms with Crippen LogP contribution in [0.3, 0.4) is 0 Å². The first-order valence-electron chi connectivity index (χ1n) is 9.22. The molecule has 7 nitrogen and oxygen atoms in total. The van der Waals surface area contributed by atoms with Gasteiger partial charge in [-0.2, -0.15) is 0 Å². The summed E-state index contributed by atoms with van der Waals surface area (Å²) in [5.41, 5.74) is 1.67. The van der Waals surface area contributed by atoms with Crippen LogP contribution in [-0.4, -0.2) is 57.1 Å². The smallest absolute Gasteiger partial charge is 0.254 e. The molecule has 0 spiro atoms. The third-order valence-electron chi connectivity index (χ3n) is 4.79. The van der Waals surface area contributed by atoms with E-state index in [9.17, 15) is 4.79 Å². The SMILES string of the molecule is COc1cc(C)ccc1OCC1CN(C(=O)c2ccc3c(c2)OCO3)CCO1. The fourth-order valence-electron chi connectivity index (χ4n) is 3.29. The summed E-state index contributed by atoms with van der Waals surface area (Å²) in [6, 6.07) is 11.0. The number of rotatable bonds is 5. The average molecular weight is 385 g/mol. The minimum atomic E-state index is -0.210. The van der Waals surface area contributed by atoms with Gasteiger partial charge in [-0.15, -0.1) is 0 Å². The van der Waals surface area contributed by atoms with Crippen molar-refractivity contribution >= 4 is 5.91 Å². The molecule has 2 aromatic rings. The Hall–Kier alpha value is -2.93. The van der Waals surface area contributed by atoms with Gasteiger partial charge in [0, 0.05) is 12.1 Å². The number of nitrogens with zero attached hydrogens (tertiary/aromatic N) is 1. The number of fused-ring (bicyclic) bond motifs is 1. The zero-order valence-electron chi connectivity index (χ0n) is 16.0. The highest BCUT2D eigenvalue weighted by molar-refractivity contribution is 5.95. The number of benzene rings is 2. The lowest BCUT2D eigenvalue weighted by molar-refractivity contribution is -0.0403. The molecule has 2 aliphatic rings. The second-order valence-corrected chi connectivity index (χ2v) is 6.78. The van der Waals surface area contributed by atoms with Gasteiger partial charge in [0.05, 0.1) is 20.3 Å². The van der Waals surface area contributed by atoms with Crippen molar-refractivity contribution in [2.75, 3.05) is 40.2 Å². The Morgan fingerprint density at radius 3 is 2.86 bits per heavy atom. The van der Waals surface area contributed by atoms with Crippen LogP contribution in [0, 0.1) is 6.92 Å². The van der Waals surface area contributed by atoms with E-state index < -0.39 is 0 Å². The summed E-state index contributed by atoms with van der Waals surface area (Å²) in [5, 5.41) is 0. The van der Waals surface area contributed by atoms with Gasteiger partial charge in [0.15, 0.2) is 23.0 Å². The van der Waals surface area contributed by atoms with Gasteiger partial charge in [-0.05, 0) is 42.8 Å². The molecule has 0 bridgehead atoms. The standard InChI is InChI=1S/C21H23NO6/c1-14-3-5-17(19(9-14)24-2)26-12-16-11-22(7-8-25-16)21(23)15-4-6-18-20(10-15)28-13-27-18/h3-6,9-10,16H,7-8,11-13H2,1-2H3. The van der Waals surface area contributed by atoms with Gasteiger partial charge in [0.1, 0.15) is 12.7 Å². The molecule has 2 aliphatic heterocycles. The van der Waals surface area contributed by atoms with Gasteiger partial charge in [-0.3, -0.25) is 4.79 Å². The van der Waals surface area contributed by atoms with Crippen LogP contribution >= 0.6 is 0 Å². The Balaban J connectivity index is 1.38. The van der Waals surface area contributed by atoms with E-state index in [-0.39, 0.29) is 18.8 Å². The van der Waals surface area contributed by atoms with E-state index in [2.05, 4.69) is 0 Å². The number of carbonyl (C=O) groups is 1. The maximum atomic E-state index is 12.9. The Bertz CT molecular complexity index is 868. The number of hydrogen-bond acceptors (Lipinski definition) is 6. The summed E-state index contributed by atoms with van der Waals surface area (Å²) in [7, 11) is 1.62. The van der Waals surface area contributed by atoms with Crippen molar-refractivity contribution in [3.63, 3.8) is 0 Å². The van der Waals surface area contributed by atoms with E-state index in [0.717, 1.165) is 5.56 Å². The molecule has 148 valence electrons. The summed E-state index contributed by atoms with van der Waals surface area (Å²) in [5.74, 6) is 2.56. The molecule has 7 heteroatoms. The number of carbonyl (C=O) groups excluding carboxylic acids is 1. The monoisotopic (exact) mass is 385 g/mol. The van der Waals surface area contributed by atoms with Gasteiger partial charge < -0.3 is 28.6 Å². The van der Waals surface area contributed by atoms with Gasteiger partial charge in [-0.1, -0.05) is 6.07 Å². The predicted octanol–water partition coefficient (Wildman–Crippen LogP) is 2.65. The number of hydrogen-bond donors (Lipinski definition) is 0. The minimum absolute atomic E-state index is 0.0560. The fraction of sp³-hybridized carbons (Fsp3) is 0.381. The first-order valence-corrected chi connectivity index (χ1v) is 9.22. The molecule has 0 radical (unpaired) electrons. The molecule has 2 aromatic carbocycles. The molecule has 0 N–H and O–H groups in total. The Labute approximate surface area is 163 Å². The summed E-state index contributed by atoms with van der Waals surface area (Å²) in [4.78, 5) is 14.6. The molecule has 0 saturated carbocycles. The number of methoxy groups -OCH3 is 1. The van der Waals surface area contributed by atoms with Crippen molar-refractivity contribution in [2.24, 2.45) is 0 Å².